The highest BCUT2D eigenvalue weighted by Gasteiger charge is 2.27. The summed E-state index contributed by atoms with van der Waals surface area (Å²) in [5.41, 5.74) is 3.85. The summed E-state index contributed by atoms with van der Waals surface area (Å²) in [6, 6.07) is 20.2. The van der Waals surface area contributed by atoms with Gasteiger partial charge in [0.2, 0.25) is 0 Å². The second-order valence-corrected chi connectivity index (χ2v) is 8.53. The molecule has 158 valence electrons. The lowest BCUT2D eigenvalue weighted by Gasteiger charge is -2.16. The second-order valence-electron chi connectivity index (χ2n) is 7.68. The number of hydrogen-bond acceptors (Lipinski definition) is 3. The van der Waals surface area contributed by atoms with Crippen LogP contribution in [0.1, 0.15) is 16.8 Å². The van der Waals surface area contributed by atoms with E-state index in [1.807, 2.05) is 37.3 Å². The van der Waals surface area contributed by atoms with E-state index >= 15 is 0 Å². The fourth-order valence-electron chi connectivity index (χ4n) is 4.22. The van der Waals surface area contributed by atoms with Crippen LogP contribution in [-0.4, -0.2) is 21.5 Å². The molecule has 4 aromatic rings. The van der Waals surface area contributed by atoms with Crippen LogP contribution >= 0.6 is 23.8 Å². The standard InChI is InChI=1S/C25H18ClN3O2S/c1-14-19(12-21-23(30)27-25(32)28-24(21)31)20-11-17(26)9-10-22(20)29(14)13-16-7-4-6-15-5-2-3-8-18(15)16/h2-12H,13H2,1H3,(H2,27,28,30,31,32). The molecule has 1 aliphatic rings. The molecule has 0 spiro atoms. The smallest absolute Gasteiger partial charge is 0.263 e. The second kappa shape index (κ2) is 7.89. The van der Waals surface area contributed by atoms with Gasteiger partial charge in [0.25, 0.3) is 11.8 Å². The topological polar surface area (TPSA) is 63.1 Å². The van der Waals surface area contributed by atoms with Crippen LogP contribution in [-0.2, 0) is 16.1 Å². The van der Waals surface area contributed by atoms with Crippen LogP contribution in [0.15, 0.2) is 66.2 Å². The summed E-state index contributed by atoms with van der Waals surface area (Å²) >= 11 is 11.2. The molecule has 0 atom stereocenters. The van der Waals surface area contributed by atoms with Crippen LogP contribution in [0.2, 0.25) is 5.02 Å². The quantitative estimate of drug-likeness (QED) is 0.265. The Morgan fingerprint density at radius 3 is 2.47 bits per heavy atom. The van der Waals surface area contributed by atoms with E-state index in [1.54, 1.807) is 6.08 Å². The average molecular weight is 460 g/mol. The number of thiocarbonyl (C=S) groups is 1. The number of aromatic nitrogens is 1. The highest BCUT2D eigenvalue weighted by Crippen LogP contribution is 2.32. The number of amides is 2. The Hall–Kier alpha value is -3.48. The zero-order chi connectivity index (χ0) is 22.4. The molecule has 1 aromatic heterocycles. The lowest BCUT2D eigenvalue weighted by molar-refractivity contribution is -0.123. The number of benzene rings is 3. The number of carbonyl (C=O) groups excluding carboxylic acids is 2. The van der Waals surface area contributed by atoms with Gasteiger partial charge in [-0.3, -0.25) is 20.2 Å². The van der Waals surface area contributed by atoms with Crippen molar-refractivity contribution < 1.29 is 9.59 Å². The normalized spacial score (nSPS) is 14.1. The van der Waals surface area contributed by atoms with Crippen molar-refractivity contribution in [3.05, 3.63) is 88.1 Å². The molecular formula is C25H18ClN3O2S. The predicted molar refractivity (Wildman–Crippen MR) is 132 cm³/mol. The number of carbonyl (C=O) groups is 2. The van der Waals surface area contributed by atoms with Gasteiger partial charge in [0, 0.05) is 33.7 Å². The zero-order valence-electron chi connectivity index (χ0n) is 17.1. The maximum atomic E-state index is 12.4. The average Bonchev–Trinajstić information content (AvgIpc) is 3.01. The fraction of sp³-hybridized carbons (Fsp3) is 0.0800. The third-order valence-corrected chi connectivity index (χ3v) is 6.21. The fourth-order valence-corrected chi connectivity index (χ4v) is 4.58. The van der Waals surface area contributed by atoms with Crippen LogP contribution < -0.4 is 10.6 Å². The van der Waals surface area contributed by atoms with Gasteiger partial charge < -0.3 is 4.57 Å². The molecule has 0 aliphatic carbocycles. The van der Waals surface area contributed by atoms with Crippen molar-refractivity contribution in [1.29, 1.82) is 0 Å². The first-order chi connectivity index (χ1) is 15.4. The number of rotatable bonds is 3. The molecule has 5 rings (SSSR count). The first kappa shape index (κ1) is 20.4. The largest absolute Gasteiger partial charge is 0.340 e. The summed E-state index contributed by atoms with van der Waals surface area (Å²) in [6.45, 7) is 2.62. The Bertz CT molecular complexity index is 1460. The minimum Gasteiger partial charge on any atom is -0.340 e. The number of fused-ring (bicyclic) bond motifs is 2. The molecule has 1 saturated heterocycles. The van der Waals surface area contributed by atoms with Gasteiger partial charge in [0.1, 0.15) is 5.57 Å². The molecule has 2 amide bonds. The van der Waals surface area contributed by atoms with E-state index in [9.17, 15) is 9.59 Å². The van der Waals surface area contributed by atoms with Crippen LogP contribution in [0.4, 0.5) is 0 Å². The van der Waals surface area contributed by atoms with Gasteiger partial charge in [-0.2, -0.15) is 0 Å². The molecule has 7 heteroatoms. The first-order valence-corrected chi connectivity index (χ1v) is 10.8. The molecule has 3 aromatic carbocycles. The monoisotopic (exact) mass is 459 g/mol. The molecule has 1 fully saturated rings. The highest BCUT2D eigenvalue weighted by atomic mass is 35.5. The molecule has 0 saturated carbocycles. The van der Waals surface area contributed by atoms with Gasteiger partial charge in [-0.15, -0.1) is 0 Å². The Labute approximate surface area is 194 Å². The summed E-state index contributed by atoms with van der Waals surface area (Å²) in [5.74, 6) is -1.04. The molecule has 0 radical (unpaired) electrons. The maximum absolute atomic E-state index is 12.4. The van der Waals surface area contributed by atoms with Gasteiger partial charge in [-0.1, -0.05) is 54.1 Å². The summed E-state index contributed by atoms with van der Waals surface area (Å²) in [7, 11) is 0. The van der Waals surface area contributed by atoms with Crippen molar-refractivity contribution in [2.75, 3.05) is 0 Å². The Morgan fingerprint density at radius 2 is 1.69 bits per heavy atom. The first-order valence-electron chi connectivity index (χ1n) is 10.1. The van der Waals surface area contributed by atoms with E-state index in [-0.39, 0.29) is 10.7 Å². The molecule has 0 bridgehead atoms. The van der Waals surface area contributed by atoms with Crippen molar-refractivity contribution in [3.63, 3.8) is 0 Å². The van der Waals surface area contributed by atoms with Crippen LogP contribution in [0.3, 0.4) is 0 Å². The minimum atomic E-state index is -0.518. The number of nitrogens with zero attached hydrogens (tertiary/aromatic N) is 1. The van der Waals surface area contributed by atoms with E-state index in [4.69, 9.17) is 23.8 Å². The third kappa shape index (κ3) is 3.47. The minimum absolute atomic E-state index is 0.00545. The van der Waals surface area contributed by atoms with Crippen molar-refractivity contribution in [1.82, 2.24) is 15.2 Å². The van der Waals surface area contributed by atoms with Gasteiger partial charge in [-0.05, 0) is 59.8 Å². The van der Waals surface area contributed by atoms with Crippen molar-refractivity contribution >= 4 is 68.5 Å². The Morgan fingerprint density at radius 1 is 0.969 bits per heavy atom. The van der Waals surface area contributed by atoms with E-state index < -0.39 is 11.8 Å². The van der Waals surface area contributed by atoms with Crippen LogP contribution in [0, 0.1) is 6.92 Å². The lowest BCUT2D eigenvalue weighted by Crippen LogP contribution is -2.51. The van der Waals surface area contributed by atoms with E-state index in [2.05, 4.69) is 45.5 Å². The molecule has 2 N–H and O–H groups in total. The number of nitrogens with one attached hydrogen (secondary N) is 2. The third-order valence-electron chi connectivity index (χ3n) is 5.77. The van der Waals surface area contributed by atoms with Gasteiger partial charge >= 0.3 is 0 Å². The maximum Gasteiger partial charge on any atom is 0.263 e. The number of halogens is 1. The van der Waals surface area contributed by atoms with Gasteiger partial charge in [0.05, 0.1) is 0 Å². The highest BCUT2D eigenvalue weighted by molar-refractivity contribution is 7.80. The zero-order valence-corrected chi connectivity index (χ0v) is 18.7. The summed E-state index contributed by atoms with van der Waals surface area (Å²) in [6.07, 6.45) is 1.61. The summed E-state index contributed by atoms with van der Waals surface area (Å²) < 4.78 is 2.18. The summed E-state index contributed by atoms with van der Waals surface area (Å²) in [4.78, 5) is 24.8. The van der Waals surface area contributed by atoms with E-state index in [1.165, 1.54) is 16.3 Å². The van der Waals surface area contributed by atoms with E-state index in [0.29, 0.717) is 11.6 Å². The SMILES string of the molecule is Cc1c(C=C2C(=O)NC(=S)NC2=O)c2cc(Cl)ccc2n1Cc1cccc2ccccc12. The van der Waals surface area contributed by atoms with Gasteiger partial charge in [-0.25, -0.2) is 0 Å². The van der Waals surface area contributed by atoms with Crippen molar-refractivity contribution in [2.24, 2.45) is 0 Å². The molecule has 32 heavy (non-hydrogen) atoms. The van der Waals surface area contributed by atoms with Crippen LogP contribution in [0.25, 0.3) is 27.8 Å². The molecule has 2 heterocycles. The van der Waals surface area contributed by atoms with Crippen LogP contribution in [0.5, 0.6) is 0 Å². The molecule has 5 nitrogen and oxygen atoms in total. The predicted octanol–water partition coefficient (Wildman–Crippen LogP) is 4.72. The Balaban J connectivity index is 1.69. The molecule has 0 unspecified atom stereocenters. The molecular weight excluding hydrogens is 442 g/mol. The van der Waals surface area contributed by atoms with E-state index in [0.717, 1.165) is 22.2 Å². The van der Waals surface area contributed by atoms with Crippen molar-refractivity contribution in [3.8, 4) is 0 Å². The number of hydrogen-bond donors (Lipinski definition) is 2. The Kier molecular flexibility index (Phi) is 5.04. The molecule has 1 aliphatic heterocycles. The lowest BCUT2D eigenvalue weighted by atomic mass is 10.0. The van der Waals surface area contributed by atoms with Gasteiger partial charge in [0.15, 0.2) is 5.11 Å². The summed E-state index contributed by atoms with van der Waals surface area (Å²) in [5, 5.41) is 8.79. The van der Waals surface area contributed by atoms with Crippen molar-refractivity contribution in [2.45, 2.75) is 13.5 Å².